The Bertz CT molecular complexity index is 2050. The van der Waals surface area contributed by atoms with Crippen LogP contribution < -0.4 is 16.4 Å². The molecule has 0 amide bonds. The number of alkyl halides is 1. The average molecular weight is 1180 g/mol. The first-order valence-corrected chi connectivity index (χ1v) is 27.1. The number of nitro groups is 3. The van der Waals surface area contributed by atoms with Gasteiger partial charge in [-0.1, -0.05) is 20.8 Å². The molecule has 2 heterocycles. The van der Waals surface area contributed by atoms with Crippen LogP contribution >= 0.6 is 40.0 Å². The standard InChI is InChI=1S/C12H13BN5O3.C7H2F2N2O2.C7H4FN3O2.C6H14BNO.C3H7.CH3F.CH4.2HI.V/c1-15-10-7-11(18(20)21)9(14)6-12(10)16-2-4-17(5-3-16)13-8-19;2*1-10-6-3-7(11(12)13)5(9)2-4(6)8;1-7(9)8-5-3-2-4-6-8;1-3-2;1-2;;;;/h6-8H,2-5,14H2;2-3H;2-3H,9H2;9H,2-6H2,1H3;1,3H2,2H3;1H3;1H4;2*1H;/q;;;;-1;;;;;+2/p-2/i;;;;;1D;;;;. The molecule has 0 atom stereocenters. The Kier molecular flexibility index (Phi) is 34.9. The monoisotopic (exact) mass is 1180 g/mol. The molecule has 28 heteroatoms. The Hall–Kier alpha value is -4.83. The van der Waals surface area contributed by atoms with Gasteiger partial charge in [-0.15, -0.1) is 0 Å². The van der Waals surface area contributed by atoms with E-state index in [-0.39, 0.29) is 37.2 Å². The van der Waals surface area contributed by atoms with Gasteiger partial charge in [0.15, 0.2) is 0 Å². The molecule has 3 aromatic rings. The summed E-state index contributed by atoms with van der Waals surface area (Å²) < 4.78 is 53.5. The number of nitrogens with zero attached hydrogens (tertiary/aromatic N) is 9. The van der Waals surface area contributed by atoms with Gasteiger partial charge in [0, 0.05) is 56.1 Å². The van der Waals surface area contributed by atoms with Crippen molar-refractivity contribution in [2.75, 3.05) is 62.8 Å². The Morgan fingerprint density at radius 3 is 1.58 bits per heavy atom. The molecule has 0 spiro atoms. The minimum atomic E-state index is -1.28. The van der Waals surface area contributed by atoms with Crippen molar-refractivity contribution in [1.82, 2.24) is 9.62 Å². The molecule has 65 heavy (non-hydrogen) atoms. The fourth-order valence-corrected chi connectivity index (χ4v) is 5.14. The quantitative estimate of drug-likeness (QED) is 0.0292. The first-order chi connectivity index (χ1) is 30.7. The fourth-order valence-electron chi connectivity index (χ4n) is 5.14. The third kappa shape index (κ3) is 23.8. The Morgan fingerprint density at radius 1 is 0.831 bits per heavy atom. The van der Waals surface area contributed by atoms with Crippen LogP contribution in [0.25, 0.3) is 14.5 Å². The molecular weight excluding hydrogens is 1130 g/mol. The number of hydrogen-bond acceptors (Lipinski definition) is 13. The van der Waals surface area contributed by atoms with E-state index in [0.29, 0.717) is 53.5 Å². The predicted molar refractivity (Wildman–Crippen MR) is 260 cm³/mol. The molecule has 19 nitrogen and oxygen atoms in total. The van der Waals surface area contributed by atoms with Crippen molar-refractivity contribution >= 4 is 112 Å². The van der Waals surface area contributed by atoms with E-state index in [2.05, 4.69) is 66.2 Å². The van der Waals surface area contributed by atoms with Crippen LogP contribution in [0.2, 0.25) is 6.82 Å². The summed E-state index contributed by atoms with van der Waals surface area (Å²) in [5.74, 6) is -3.23. The van der Waals surface area contributed by atoms with Crippen LogP contribution in [-0.4, -0.2) is 96.5 Å². The maximum atomic E-state index is 12.8. The minimum absolute atomic E-state index is 0. The van der Waals surface area contributed by atoms with Gasteiger partial charge >= 0.3 is 56.5 Å². The summed E-state index contributed by atoms with van der Waals surface area (Å²) in [7, 11) is 0.880. The summed E-state index contributed by atoms with van der Waals surface area (Å²) in [5.41, 5.74) is 8.86. The number of benzene rings is 3. The molecule has 2 aliphatic rings. The zero-order valence-electron chi connectivity index (χ0n) is 35.4. The fraction of sp³-hybridized carbons (Fsp3) is 0.378. The number of carbonyl (C=O) groups is 1. The van der Waals surface area contributed by atoms with E-state index in [0.717, 1.165) is 37.8 Å². The van der Waals surface area contributed by atoms with Gasteiger partial charge in [-0.25, -0.2) is 23.3 Å². The van der Waals surface area contributed by atoms with Crippen LogP contribution in [0.1, 0.15) is 41.4 Å². The second kappa shape index (κ2) is 36.4. The second-order valence-corrected chi connectivity index (χ2v) is 24.0. The number of piperazine rings is 1. The summed E-state index contributed by atoms with van der Waals surface area (Å²) in [6, 6.07) is 5.17. The van der Waals surface area contributed by atoms with E-state index in [1.807, 2.05) is 23.5 Å². The van der Waals surface area contributed by atoms with Gasteiger partial charge in [0.05, 0.1) is 49.2 Å². The van der Waals surface area contributed by atoms with E-state index >= 15 is 0 Å². The molecule has 0 aliphatic carbocycles. The maximum absolute atomic E-state index is 12.8. The van der Waals surface area contributed by atoms with Crippen molar-refractivity contribution in [3.05, 3.63) is 125 Å². The molecule has 352 valence electrons. The summed E-state index contributed by atoms with van der Waals surface area (Å²) >= 11 is 4.74. The Labute approximate surface area is 406 Å². The van der Waals surface area contributed by atoms with Crippen LogP contribution in [0.5, 0.6) is 0 Å². The molecule has 0 aromatic heterocycles. The number of nitrogen functional groups attached to an aromatic ring is 2. The first kappa shape index (κ1) is 62.3. The number of nitro benzene ring substituents is 3. The van der Waals surface area contributed by atoms with E-state index in [1.165, 1.54) is 38.8 Å². The summed E-state index contributed by atoms with van der Waals surface area (Å²) in [4.78, 5) is 54.1. The number of rotatable bonds is 7. The normalized spacial score (nSPS) is 12.5. The molecule has 2 aliphatic heterocycles. The van der Waals surface area contributed by atoms with E-state index < -0.39 is 62.1 Å². The van der Waals surface area contributed by atoms with Crippen LogP contribution in [0, 0.1) is 74.4 Å². The molecule has 0 bridgehead atoms. The predicted octanol–water partition coefficient (Wildman–Crippen LogP) is 9.75. The number of carbonyl (C=O) groups excluding carboxylic acids is 1. The third-order valence-electron chi connectivity index (χ3n) is 8.03. The second-order valence-electron chi connectivity index (χ2n) is 12.2. The van der Waals surface area contributed by atoms with Gasteiger partial charge in [0.2, 0.25) is 22.9 Å². The SMILES string of the molecule is C.CB(O)N1CCCCC1.[2H]CF.[C-]#[N+]c1cc([N+](=O)[O-])c(F)cc1F.[C-]#[N+]c1cc([N+](=O)[O-])c(N)cc1F.[C-]#[N+]c1cc([N+](=O)[O-])c(N)cc1N1CCN([B]C=O)CC1.[CH2-]CC.[I][V][I]. The molecule has 1 radical (unpaired) electrons. The molecule has 0 saturated carbocycles. The number of nitrogens with two attached hydrogens (primary N) is 2. The number of piperidine rings is 1. The average Bonchev–Trinajstić information content (AvgIpc) is 3.25. The van der Waals surface area contributed by atoms with Crippen molar-refractivity contribution in [2.45, 2.75) is 46.9 Å². The van der Waals surface area contributed by atoms with Crippen LogP contribution in [-0.2, 0) is 14.3 Å². The van der Waals surface area contributed by atoms with Crippen molar-refractivity contribution in [2.24, 2.45) is 0 Å². The molecular formula is C37H47B2F4I2N11O8V-. The topological polar surface area (TPSA) is 242 Å². The van der Waals surface area contributed by atoms with Crippen LogP contribution in [0.3, 0.4) is 0 Å². The Morgan fingerprint density at radius 2 is 1.22 bits per heavy atom. The first-order valence-electron chi connectivity index (χ1n) is 18.8. The van der Waals surface area contributed by atoms with Crippen molar-refractivity contribution < 1.29 is 53.0 Å². The van der Waals surface area contributed by atoms with Gasteiger partial charge in [0.1, 0.15) is 23.0 Å². The zero-order valence-corrected chi connectivity index (χ0v) is 40.1. The number of halogens is 6. The van der Waals surface area contributed by atoms with Crippen molar-refractivity contribution in [3.63, 3.8) is 0 Å². The van der Waals surface area contributed by atoms with Crippen LogP contribution in [0.4, 0.5) is 68.7 Å². The number of hydrogen-bond donors (Lipinski definition) is 3. The van der Waals surface area contributed by atoms with Gasteiger partial charge < -0.3 is 42.7 Å². The van der Waals surface area contributed by atoms with Gasteiger partial charge in [-0.05, 0) is 44.9 Å². The summed E-state index contributed by atoms with van der Waals surface area (Å²) in [6.07, 6.45) is 5.59. The van der Waals surface area contributed by atoms with E-state index in [9.17, 15) is 52.7 Å². The number of anilines is 3. The van der Waals surface area contributed by atoms with E-state index in [4.69, 9.17) is 37.6 Å². The Balaban J connectivity index is -0.000000777. The van der Waals surface area contributed by atoms with Gasteiger partial charge in [0.25, 0.3) is 24.5 Å². The van der Waals surface area contributed by atoms with Gasteiger partial charge in [-0.3, -0.25) is 34.7 Å². The molecule has 5 rings (SSSR count). The van der Waals surface area contributed by atoms with Crippen molar-refractivity contribution in [1.29, 1.82) is 0 Å². The molecule has 0 unspecified atom stereocenters. The molecule has 2 fully saturated rings. The van der Waals surface area contributed by atoms with Crippen LogP contribution in [0.15, 0.2) is 36.4 Å². The van der Waals surface area contributed by atoms with E-state index in [1.54, 1.807) is 0 Å². The molecule has 3 aromatic carbocycles. The van der Waals surface area contributed by atoms with Crippen molar-refractivity contribution in [3.8, 4) is 0 Å². The molecule has 2 saturated heterocycles. The zero-order chi connectivity index (χ0) is 50.2. The summed E-state index contributed by atoms with van der Waals surface area (Å²) in [6.45, 7) is 32.2. The summed E-state index contributed by atoms with van der Waals surface area (Å²) in [5, 5.41) is 40.4. The third-order valence-corrected chi connectivity index (χ3v) is 8.03. The molecule has 5 N–H and O–H groups in total. The van der Waals surface area contributed by atoms with Gasteiger partial charge in [-0.2, -0.15) is 10.8 Å².